The lowest BCUT2D eigenvalue weighted by molar-refractivity contribution is 0.398. The van der Waals surface area contributed by atoms with E-state index in [0.717, 1.165) is 16.8 Å². The second-order valence-corrected chi connectivity index (χ2v) is 6.86. The van der Waals surface area contributed by atoms with E-state index < -0.39 is 0 Å². The van der Waals surface area contributed by atoms with Crippen LogP contribution in [0.25, 0.3) is 17.0 Å². The molecule has 0 saturated carbocycles. The van der Waals surface area contributed by atoms with Crippen LogP contribution in [0.5, 0.6) is 0 Å². The van der Waals surface area contributed by atoms with Crippen LogP contribution in [-0.4, -0.2) is 26.7 Å². The standard InChI is InChI=1S/C21H19FN4OS/c1-3-26-13(2)17(18(23-21(26)28)14-8-5-4-6-9-14)20-24-19(25-27-20)15-10-7-11-16(22)12-15/h4-12,18H,3H2,1-2H3,(H,23,28). The van der Waals surface area contributed by atoms with Gasteiger partial charge < -0.3 is 14.7 Å². The van der Waals surface area contributed by atoms with Gasteiger partial charge in [-0.2, -0.15) is 4.98 Å². The second-order valence-electron chi connectivity index (χ2n) is 6.47. The van der Waals surface area contributed by atoms with Gasteiger partial charge in [-0.3, -0.25) is 0 Å². The number of thiocarbonyl (C=S) groups is 1. The van der Waals surface area contributed by atoms with Crippen LogP contribution in [0, 0.1) is 5.82 Å². The molecule has 2 heterocycles. The molecule has 1 aliphatic heterocycles. The second kappa shape index (κ2) is 7.52. The maximum Gasteiger partial charge on any atom is 0.258 e. The minimum absolute atomic E-state index is 0.211. The van der Waals surface area contributed by atoms with Gasteiger partial charge in [0, 0.05) is 17.8 Å². The van der Waals surface area contributed by atoms with Crippen molar-refractivity contribution in [3.63, 3.8) is 0 Å². The van der Waals surface area contributed by atoms with Crippen molar-refractivity contribution in [2.75, 3.05) is 6.54 Å². The van der Waals surface area contributed by atoms with Crippen LogP contribution in [0.4, 0.5) is 4.39 Å². The highest BCUT2D eigenvalue weighted by atomic mass is 32.1. The molecule has 4 rings (SSSR count). The minimum Gasteiger partial charge on any atom is -0.351 e. The number of nitrogens with zero attached hydrogens (tertiary/aromatic N) is 3. The van der Waals surface area contributed by atoms with E-state index in [0.29, 0.717) is 28.9 Å². The highest BCUT2D eigenvalue weighted by molar-refractivity contribution is 7.80. The molecule has 0 amide bonds. The van der Waals surface area contributed by atoms with Gasteiger partial charge in [0.15, 0.2) is 5.11 Å². The Balaban J connectivity index is 1.82. The summed E-state index contributed by atoms with van der Waals surface area (Å²) in [5.74, 6) is 0.389. The fourth-order valence-corrected chi connectivity index (χ4v) is 3.80. The first kappa shape index (κ1) is 18.3. The highest BCUT2D eigenvalue weighted by Gasteiger charge is 2.33. The molecular weight excluding hydrogens is 375 g/mol. The number of hydrogen-bond acceptors (Lipinski definition) is 4. The third-order valence-electron chi connectivity index (χ3n) is 4.78. The predicted octanol–water partition coefficient (Wildman–Crippen LogP) is 4.56. The Bertz CT molecular complexity index is 1050. The Morgan fingerprint density at radius 3 is 2.68 bits per heavy atom. The predicted molar refractivity (Wildman–Crippen MR) is 110 cm³/mol. The number of benzene rings is 2. The first-order valence-corrected chi connectivity index (χ1v) is 9.43. The summed E-state index contributed by atoms with van der Waals surface area (Å²) in [6.45, 7) is 4.74. The van der Waals surface area contributed by atoms with E-state index in [1.807, 2.05) is 49.1 Å². The SMILES string of the molecule is CCN1C(=S)NC(c2ccccc2)C(c2nc(-c3cccc(F)c3)no2)=C1C. The van der Waals surface area contributed by atoms with Gasteiger partial charge in [-0.15, -0.1) is 0 Å². The van der Waals surface area contributed by atoms with E-state index in [-0.39, 0.29) is 11.9 Å². The van der Waals surface area contributed by atoms with Crippen molar-refractivity contribution >= 4 is 22.9 Å². The maximum absolute atomic E-state index is 13.6. The lowest BCUT2D eigenvalue weighted by Crippen LogP contribution is -2.45. The smallest absolute Gasteiger partial charge is 0.258 e. The van der Waals surface area contributed by atoms with Gasteiger partial charge in [-0.05, 0) is 43.8 Å². The van der Waals surface area contributed by atoms with E-state index in [4.69, 9.17) is 16.7 Å². The number of hydrogen-bond donors (Lipinski definition) is 1. The highest BCUT2D eigenvalue weighted by Crippen LogP contribution is 2.37. The molecule has 1 unspecified atom stereocenters. The molecule has 0 aliphatic carbocycles. The fraction of sp³-hybridized carbons (Fsp3) is 0.190. The molecule has 5 nitrogen and oxygen atoms in total. The van der Waals surface area contributed by atoms with Gasteiger partial charge >= 0.3 is 0 Å². The number of aromatic nitrogens is 2. The Labute approximate surface area is 167 Å². The van der Waals surface area contributed by atoms with Crippen molar-refractivity contribution in [3.05, 3.63) is 77.6 Å². The molecule has 0 fully saturated rings. The molecule has 1 N–H and O–H groups in total. The molecular formula is C21H19FN4OS. The molecule has 1 aliphatic rings. The molecule has 1 aromatic heterocycles. The molecule has 0 spiro atoms. The van der Waals surface area contributed by atoms with E-state index in [1.54, 1.807) is 12.1 Å². The van der Waals surface area contributed by atoms with Crippen LogP contribution < -0.4 is 5.32 Å². The lowest BCUT2D eigenvalue weighted by Gasteiger charge is -2.36. The van der Waals surface area contributed by atoms with E-state index >= 15 is 0 Å². The Morgan fingerprint density at radius 2 is 1.96 bits per heavy atom. The summed E-state index contributed by atoms with van der Waals surface area (Å²) in [5, 5.41) is 8.11. The summed E-state index contributed by atoms with van der Waals surface area (Å²) in [4.78, 5) is 6.55. The summed E-state index contributed by atoms with van der Waals surface area (Å²) >= 11 is 5.55. The topological polar surface area (TPSA) is 54.2 Å². The number of allylic oxidation sites excluding steroid dienone is 1. The Hall–Kier alpha value is -3.06. The molecule has 1 atom stereocenters. The average molecular weight is 394 g/mol. The fourth-order valence-electron chi connectivity index (χ4n) is 3.41. The van der Waals surface area contributed by atoms with Crippen LogP contribution >= 0.6 is 12.2 Å². The van der Waals surface area contributed by atoms with Gasteiger partial charge in [0.25, 0.3) is 5.89 Å². The third kappa shape index (κ3) is 3.29. The van der Waals surface area contributed by atoms with Crippen LogP contribution in [-0.2, 0) is 0 Å². The maximum atomic E-state index is 13.6. The van der Waals surface area contributed by atoms with Crippen LogP contribution in [0.2, 0.25) is 0 Å². The van der Waals surface area contributed by atoms with Crippen LogP contribution in [0.1, 0.15) is 31.3 Å². The zero-order valence-corrected chi connectivity index (χ0v) is 16.3. The van der Waals surface area contributed by atoms with Gasteiger partial charge in [0.1, 0.15) is 5.82 Å². The largest absolute Gasteiger partial charge is 0.351 e. The quantitative estimate of drug-likeness (QED) is 0.655. The van der Waals surface area contributed by atoms with Crippen molar-refractivity contribution < 1.29 is 8.91 Å². The first-order chi connectivity index (χ1) is 13.6. The number of halogens is 1. The van der Waals surface area contributed by atoms with Crippen molar-refractivity contribution in [2.24, 2.45) is 0 Å². The molecule has 3 aromatic rings. The van der Waals surface area contributed by atoms with Crippen molar-refractivity contribution in [2.45, 2.75) is 19.9 Å². The third-order valence-corrected chi connectivity index (χ3v) is 5.12. The molecule has 2 aromatic carbocycles. The lowest BCUT2D eigenvalue weighted by atomic mass is 9.95. The van der Waals surface area contributed by atoms with Crippen molar-refractivity contribution in [3.8, 4) is 11.4 Å². The summed E-state index contributed by atoms with van der Waals surface area (Å²) in [6, 6.07) is 15.9. The minimum atomic E-state index is -0.344. The number of rotatable bonds is 4. The summed E-state index contributed by atoms with van der Waals surface area (Å²) in [6.07, 6.45) is 0. The molecule has 0 bridgehead atoms. The van der Waals surface area contributed by atoms with E-state index in [2.05, 4.69) is 15.5 Å². The van der Waals surface area contributed by atoms with Crippen molar-refractivity contribution in [1.29, 1.82) is 0 Å². The molecule has 0 saturated heterocycles. The van der Waals surface area contributed by atoms with E-state index in [9.17, 15) is 4.39 Å². The van der Waals surface area contributed by atoms with Crippen LogP contribution in [0.3, 0.4) is 0 Å². The van der Waals surface area contributed by atoms with Gasteiger partial charge in [-0.25, -0.2) is 4.39 Å². The summed E-state index contributed by atoms with van der Waals surface area (Å²) < 4.78 is 19.2. The normalized spacial score (nSPS) is 17.0. The summed E-state index contributed by atoms with van der Waals surface area (Å²) in [5.41, 5.74) is 3.42. The first-order valence-electron chi connectivity index (χ1n) is 9.02. The summed E-state index contributed by atoms with van der Waals surface area (Å²) in [7, 11) is 0. The number of nitrogens with one attached hydrogen (secondary N) is 1. The Morgan fingerprint density at radius 1 is 1.18 bits per heavy atom. The monoisotopic (exact) mass is 394 g/mol. The average Bonchev–Trinajstić information content (AvgIpc) is 3.18. The van der Waals surface area contributed by atoms with Crippen LogP contribution in [0.15, 0.2) is 64.8 Å². The molecule has 28 heavy (non-hydrogen) atoms. The van der Waals surface area contributed by atoms with Gasteiger partial charge in [0.05, 0.1) is 11.6 Å². The van der Waals surface area contributed by atoms with Gasteiger partial charge in [0.2, 0.25) is 5.82 Å². The van der Waals surface area contributed by atoms with Crippen molar-refractivity contribution in [1.82, 2.24) is 20.4 Å². The van der Waals surface area contributed by atoms with E-state index in [1.165, 1.54) is 12.1 Å². The van der Waals surface area contributed by atoms with Gasteiger partial charge in [-0.1, -0.05) is 47.6 Å². The zero-order valence-electron chi connectivity index (χ0n) is 15.5. The zero-order chi connectivity index (χ0) is 19.7. The molecule has 142 valence electrons. The molecule has 0 radical (unpaired) electrons. The molecule has 7 heteroatoms. The Kier molecular flexibility index (Phi) is 4.92.